The van der Waals surface area contributed by atoms with Crippen LogP contribution in [0.5, 0.6) is 11.5 Å². The molecule has 0 unspecified atom stereocenters. The van der Waals surface area contributed by atoms with E-state index >= 15 is 0 Å². The smallest absolute Gasteiger partial charge is 0.270 e. The Kier molecular flexibility index (Phi) is 4.11. The highest BCUT2D eigenvalue weighted by molar-refractivity contribution is 5.46. The number of nitriles is 1. The lowest BCUT2D eigenvalue weighted by molar-refractivity contribution is -0.385. The minimum Gasteiger partial charge on any atom is -0.454 e. The zero-order chi connectivity index (χ0) is 15.4. The Labute approximate surface area is 118 Å². The van der Waals surface area contributed by atoms with Crippen molar-refractivity contribution in [3.05, 3.63) is 63.5 Å². The summed E-state index contributed by atoms with van der Waals surface area (Å²) in [5.41, 5.74) is 0.102. The zero-order valence-corrected chi connectivity index (χ0v) is 10.6. The number of halogens is 1. The third-order valence-corrected chi connectivity index (χ3v) is 2.71. The summed E-state index contributed by atoms with van der Waals surface area (Å²) in [6.45, 7) is -0.491. The van der Waals surface area contributed by atoms with Gasteiger partial charge in [-0.15, -0.1) is 0 Å². The summed E-state index contributed by atoms with van der Waals surface area (Å²) in [6, 6.07) is 9.08. The minimum absolute atomic E-state index is 0.103. The number of nitrogens with zero attached hydrogens (tertiary/aromatic N) is 2. The van der Waals surface area contributed by atoms with Crippen molar-refractivity contribution in [3.8, 4) is 17.6 Å². The van der Waals surface area contributed by atoms with E-state index in [2.05, 4.69) is 0 Å². The minimum atomic E-state index is -0.740. The van der Waals surface area contributed by atoms with Gasteiger partial charge in [0.15, 0.2) is 11.6 Å². The number of benzene rings is 2. The van der Waals surface area contributed by atoms with Crippen LogP contribution in [0.25, 0.3) is 0 Å². The molecule has 0 bridgehead atoms. The Bertz CT molecular complexity index is 740. The van der Waals surface area contributed by atoms with E-state index in [9.17, 15) is 19.6 Å². The number of hydrogen-bond donors (Lipinski definition) is 1. The quantitative estimate of drug-likeness (QED) is 0.689. The molecule has 0 fully saturated rings. The lowest BCUT2D eigenvalue weighted by Gasteiger charge is -2.10. The maximum absolute atomic E-state index is 13.7. The highest BCUT2D eigenvalue weighted by atomic mass is 19.1. The summed E-state index contributed by atoms with van der Waals surface area (Å²) in [6.07, 6.45) is 0. The van der Waals surface area contributed by atoms with E-state index in [1.807, 2.05) is 0 Å². The first kappa shape index (κ1) is 14.4. The van der Waals surface area contributed by atoms with Crippen molar-refractivity contribution in [1.29, 1.82) is 5.26 Å². The molecular weight excluding hydrogens is 279 g/mol. The van der Waals surface area contributed by atoms with E-state index in [1.165, 1.54) is 24.3 Å². The van der Waals surface area contributed by atoms with E-state index in [0.717, 1.165) is 12.1 Å². The lowest BCUT2D eigenvalue weighted by atomic mass is 10.2. The number of aliphatic hydroxyl groups excluding tert-OH is 1. The Morgan fingerprint density at radius 1 is 1.29 bits per heavy atom. The number of nitro groups is 1. The second-order valence-electron chi connectivity index (χ2n) is 4.07. The van der Waals surface area contributed by atoms with Gasteiger partial charge in [0.25, 0.3) is 5.69 Å². The molecule has 7 heteroatoms. The molecule has 6 nitrogen and oxygen atoms in total. The van der Waals surface area contributed by atoms with E-state index < -0.39 is 17.3 Å². The third kappa shape index (κ3) is 3.13. The molecule has 0 aliphatic rings. The van der Waals surface area contributed by atoms with Gasteiger partial charge in [-0.3, -0.25) is 10.1 Å². The van der Waals surface area contributed by atoms with Crippen molar-refractivity contribution in [3.63, 3.8) is 0 Å². The van der Waals surface area contributed by atoms with Crippen molar-refractivity contribution in [2.75, 3.05) is 0 Å². The number of ether oxygens (including phenoxy) is 1. The van der Waals surface area contributed by atoms with Crippen LogP contribution in [-0.2, 0) is 6.61 Å². The van der Waals surface area contributed by atoms with Gasteiger partial charge in [-0.25, -0.2) is 4.39 Å². The van der Waals surface area contributed by atoms with Crippen LogP contribution in [0.2, 0.25) is 0 Å². The molecule has 0 amide bonds. The molecule has 0 aliphatic heterocycles. The maximum atomic E-state index is 13.7. The van der Waals surface area contributed by atoms with Crippen LogP contribution in [0.15, 0.2) is 36.4 Å². The fraction of sp³-hybridized carbons (Fsp3) is 0.0714. The second-order valence-corrected chi connectivity index (χ2v) is 4.07. The first-order valence-electron chi connectivity index (χ1n) is 5.81. The lowest BCUT2D eigenvalue weighted by Crippen LogP contribution is -1.96. The highest BCUT2D eigenvalue weighted by Gasteiger charge is 2.13. The SMILES string of the molecule is N#Cc1ccc(Oc2ccc([N+](=O)[O-])cc2CO)c(F)c1. The monoisotopic (exact) mass is 288 g/mol. The van der Waals surface area contributed by atoms with Crippen LogP contribution >= 0.6 is 0 Å². The van der Waals surface area contributed by atoms with Gasteiger partial charge < -0.3 is 9.84 Å². The molecule has 2 aromatic rings. The van der Waals surface area contributed by atoms with Gasteiger partial charge in [0.1, 0.15) is 5.75 Å². The predicted octanol–water partition coefficient (Wildman–Crippen LogP) is 2.89. The molecular formula is C14H9FN2O4. The van der Waals surface area contributed by atoms with Crippen molar-refractivity contribution >= 4 is 5.69 Å². The Morgan fingerprint density at radius 3 is 2.57 bits per heavy atom. The summed E-state index contributed by atoms with van der Waals surface area (Å²) in [5.74, 6) is -0.777. The molecule has 0 atom stereocenters. The summed E-state index contributed by atoms with van der Waals surface area (Å²) in [7, 11) is 0. The van der Waals surface area contributed by atoms with Gasteiger partial charge in [0.2, 0.25) is 0 Å². The average molecular weight is 288 g/mol. The van der Waals surface area contributed by atoms with Gasteiger partial charge >= 0.3 is 0 Å². The van der Waals surface area contributed by atoms with Crippen molar-refractivity contribution in [2.24, 2.45) is 0 Å². The Hall–Kier alpha value is -2.98. The van der Waals surface area contributed by atoms with Gasteiger partial charge in [0.05, 0.1) is 23.2 Å². The summed E-state index contributed by atoms with van der Waals surface area (Å²) in [5, 5.41) is 28.5. The maximum Gasteiger partial charge on any atom is 0.270 e. The number of rotatable bonds is 4. The number of hydrogen-bond acceptors (Lipinski definition) is 5. The topological polar surface area (TPSA) is 96.4 Å². The first-order valence-corrected chi connectivity index (χ1v) is 5.81. The van der Waals surface area contributed by atoms with Crippen LogP contribution in [0.1, 0.15) is 11.1 Å². The van der Waals surface area contributed by atoms with E-state index in [-0.39, 0.29) is 28.3 Å². The fourth-order valence-electron chi connectivity index (χ4n) is 1.67. The van der Waals surface area contributed by atoms with Crippen LogP contribution in [0.4, 0.5) is 10.1 Å². The van der Waals surface area contributed by atoms with E-state index in [4.69, 9.17) is 10.00 Å². The molecule has 0 spiro atoms. The van der Waals surface area contributed by atoms with Crippen LogP contribution in [0.3, 0.4) is 0 Å². The molecule has 0 saturated carbocycles. The van der Waals surface area contributed by atoms with Crippen LogP contribution in [0, 0.1) is 27.3 Å². The molecule has 21 heavy (non-hydrogen) atoms. The Balaban J connectivity index is 2.35. The molecule has 2 rings (SSSR count). The molecule has 0 aliphatic carbocycles. The number of non-ortho nitro benzene ring substituents is 1. The molecule has 0 aromatic heterocycles. The molecule has 0 saturated heterocycles. The number of aliphatic hydroxyl groups is 1. The average Bonchev–Trinajstić information content (AvgIpc) is 2.49. The molecule has 0 radical (unpaired) electrons. The third-order valence-electron chi connectivity index (χ3n) is 2.71. The standard InChI is InChI=1S/C14H9FN2O4/c15-12-5-9(7-16)1-3-14(12)21-13-4-2-11(17(19)20)6-10(13)8-18/h1-6,18H,8H2. The van der Waals surface area contributed by atoms with Gasteiger partial charge in [-0.2, -0.15) is 5.26 Å². The molecule has 2 aromatic carbocycles. The molecule has 1 N–H and O–H groups in total. The van der Waals surface area contributed by atoms with Crippen LogP contribution < -0.4 is 4.74 Å². The van der Waals surface area contributed by atoms with Crippen LogP contribution in [-0.4, -0.2) is 10.0 Å². The largest absolute Gasteiger partial charge is 0.454 e. The van der Waals surface area contributed by atoms with Crippen molar-refractivity contribution in [2.45, 2.75) is 6.61 Å². The highest BCUT2D eigenvalue weighted by Crippen LogP contribution is 2.30. The zero-order valence-electron chi connectivity index (χ0n) is 10.6. The van der Waals surface area contributed by atoms with E-state index in [1.54, 1.807) is 6.07 Å². The summed E-state index contributed by atoms with van der Waals surface area (Å²) in [4.78, 5) is 10.0. The summed E-state index contributed by atoms with van der Waals surface area (Å²) < 4.78 is 19.0. The van der Waals surface area contributed by atoms with Crippen molar-refractivity contribution in [1.82, 2.24) is 0 Å². The first-order chi connectivity index (χ1) is 10.0. The second kappa shape index (κ2) is 5.98. The van der Waals surface area contributed by atoms with Gasteiger partial charge in [0, 0.05) is 17.7 Å². The summed E-state index contributed by atoms with van der Waals surface area (Å²) >= 11 is 0. The molecule has 0 heterocycles. The normalized spacial score (nSPS) is 9.95. The van der Waals surface area contributed by atoms with Gasteiger partial charge in [-0.05, 0) is 24.3 Å². The predicted molar refractivity (Wildman–Crippen MR) is 70.2 cm³/mol. The number of nitro benzene ring substituents is 1. The van der Waals surface area contributed by atoms with Gasteiger partial charge in [-0.1, -0.05) is 0 Å². The fourth-order valence-corrected chi connectivity index (χ4v) is 1.67. The van der Waals surface area contributed by atoms with E-state index in [0.29, 0.717) is 0 Å². The molecule has 106 valence electrons. The van der Waals surface area contributed by atoms with Crippen molar-refractivity contribution < 1.29 is 19.2 Å². The Morgan fingerprint density at radius 2 is 2.00 bits per heavy atom.